The molecule has 6 heteroatoms. The molecule has 2 heterocycles. The van der Waals surface area contributed by atoms with Crippen LogP contribution >= 0.6 is 0 Å². The molecular weight excluding hydrogens is 331 g/mol. The smallest absolute Gasteiger partial charge is 0.257 e. The number of carbonyl (C=O) groups excluding carboxylic acids is 1. The Morgan fingerprint density at radius 2 is 1.96 bits per heavy atom. The Labute approximate surface area is 152 Å². The van der Waals surface area contributed by atoms with Crippen LogP contribution in [0.2, 0.25) is 0 Å². The van der Waals surface area contributed by atoms with E-state index in [1.165, 1.54) is 6.07 Å². The van der Waals surface area contributed by atoms with Crippen LogP contribution in [0.15, 0.2) is 30.3 Å². The van der Waals surface area contributed by atoms with Crippen LogP contribution in [0.4, 0.5) is 10.2 Å². The van der Waals surface area contributed by atoms with Crippen LogP contribution in [0.5, 0.6) is 0 Å². The number of halogens is 1. The lowest BCUT2D eigenvalue weighted by Crippen LogP contribution is -2.36. The standard InChI is InChI=1S/C20H21FN4O/c1-14-5-3-6-17(21)18(14)20(26)25-10-4-9-24(11-12-25)19-16(13-22)8-7-15(2)23-19/h3,5-8H,4,9-12H2,1-2H3. The minimum Gasteiger partial charge on any atom is -0.354 e. The number of rotatable bonds is 2. The van der Waals surface area contributed by atoms with Crippen molar-refractivity contribution in [2.45, 2.75) is 20.3 Å². The van der Waals surface area contributed by atoms with Crippen LogP contribution in [0.25, 0.3) is 0 Å². The molecule has 26 heavy (non-hydrogen) atoms. The number of amides is 1. The summed E-state index contributed by atoms with van der Waals surface area (Å²) < 4.78 is 14.1. The van der Waals surface area contributed by atoms with Crippen LogP contribution in [0.1, 0.15) is 33.6 Å². The number of nitriles is 1. The molecule has 1 aromatic heterocycles. The van der Waals surface area contributed by atoms with Crippen LogP contribution in [-0.4, -0.2) is 42.0 Å². The van der Waals surface area contributed by atoms with Gasteiger partial charge in [0.15, 0.2) is 0 Å². The normalized spacial score (nSPS) is 14.7. The van der Waals surface area contributed by atoms with Gasteiger partial charge in [-0.2, -0.15) is 5.26 Å². The lowest BCUT2D eigenvalue weighted by atomic mass is 10.1. The average molecular weight is 352 g/mol. The van der Waals surface area contributed by atoms with E-state index in [0.29, 0.717) is 43.1 Å². The molecule has 134 valence electrons. The Bertz CT molecular complexity index is 854. The number of nitrogens with zero attached hydrogens (tertiary/aromatic N) is 4. The Morgan fingerprint density at radius 1 is 1.15 bits per heavy atom. The number of carbonyl (C=O) groups is 1. The van der Waals surface area contributed by atoms with Crippen molar-refractivity contribution < 1.29 is 9.18 Å². The van der Waals surface area contributed by atoms with Gasteiger partial charge in [-0.05, 0) is 44.0 Å². The molecule has 1 amide bonds. The maximum atomic E-state index is 14.1. The van der Waals surface area contributed by atoms with Crippen LogP contribution in [0, 0.1) is 31.0 Å². The van der Waals surface area contributed by atoms with Crippen molar-refractivity contribution in [1.29, 1.82) is 5.26 Å². The highest BCUT2D eigenvalue weighted by Crippen LogP contribution is 2.21. The van der Waals surface area contributed by atoms with Crippen molar-refractivity contribution in [2.24, 2.45) is 0 Å². The first-order chi connectivity index (χ1) is 12.5. The fourth-order valence-electron chi connectivity index (χ4n) is 3.26. The summed E-state index contributed by atoms with van der Waals surface area (Å²) in [5.74, 6) is -0.104. The predicted octanol–water partition coefficient (Wildman–Crippen LogP) is 3.06. The third-order valence-electron chi connectivity index (χ3n) is 4.65. The molecule has 1 aliphatic heterocycles. The van der Waals surface area contributed by atoms with E-state index in [2.05, 4.69) is 11.1 Å². The summed E-state index contributed by atoms with van der Waals surface area (Å²) in [5, 5.41) is 9.34. The van der Waals surface area contributed by atoms with Gasteiger partial charge in [-0.25, -0.2) is 9.37 Å². The van der Waals surface area contributed by atoms with Gasteiger partial charge in [-0.15, -0.1) is 0 Å². The second kappa shape index (κ2) is 7.52. The summed E-state index contributed by atoms with van der Waals surface area (Å²) in [4.78, 5) is 21.0. The Balaban J connectivity index is 1.80. The summed E-state index contributed by atoms with van der Waals surface area (Å²) in [6.45, 7) is 5.91. The lowest BCUT2D eigenvalue weighted by Gasteiger charge is -2.24. The Kier molecular flexibility index (Phi) is 5.17. The quantitative estimate of drug-likeness (QED) is 0.833. The topological polar surface area (TPSA) is 60.2 Å². The van der Waals surface area contributed by atoms with Gasteiger partial charge in [0, 0.05) is 31.9 Å². The van der Waals surface area contributed by atoms with Crippen molar-refractivity contribution in [3.05, 3.63) is 58.5 Å². The number of aromatic nitrogens is 1. The zero-order valence-electron chi connectivity index (χ0n) is 15.0. The summed E-state index contributed by atoms with van der Waals surface area (Å²) >= 11 is 0. The number of benzene rings is 1. The zero-order valence-corrected chi connectivity index (χ0v) is 15.0. The molecule has 0 radical (unpaired) electrons. The van der Waals surface area contributed by atoms with Gasteiger partial charge in [0.1, 0.15) is 17.7 Å². The highest BCUT2D eigenvalue weighted by atomic mass is 19.1. The molecule has 1 saturated heterocycles. The van der Waals surface area contributed by atoms with E-state index in [9.17, 15) is 14.4 Å². The van der Waals surface area contributed by atoms with E-state index in [1.54, 1.807) is 30.0 Å². The molecule has 1 aromatic carbocycles. The lowest BCUT2D eigenvalue weighted by molar-refractivity contribution is 0.0761. The van der Waals surface area contributed by atoms with Gasteiger partial charge in [-0.1, -0.05) is 12.1 Å². The SMILES string of the molecule is Cc1ccc(C#N)c(N2CCCN(C(=O)c3c(C)cccc3F)CC2)n1. The number of aryl methyl sites for hydroxylation is 2. The van der Waals surface area contributed by atoms with E-state index in [4.69, 9.17) is 0 Å². The first-order valence-corrected chi connectivity index (χ1v) is 8.68. The monoisotopic (exact) mass is 352 g/mol. The first kappa shape index (κ1) is 17.9. The van der Waals surface area contributed by atoms with Gasteiger partial charge in [0.25, 0.3) is 5.91 Å². The number of hydrogen-bond donors (Lipinski definition) is 0. The summed E-state index contributed by atoms with van der Waals surface area (Å²) in [6.07, 6.45) is 0.736. The third kappa shape index (κ3) is 3.52. The highest BCUT2D eigenvalue weighted by molar-refractivity contribution is 5.96. The maximum Gasteiger partial charge on any atom is 0.257 e. The fraction of sp³-hybridized carbons (Fsp3) is 0.350. The van der Waals surface area contributed by atoms with Gasteiger partial charge in [0.2, 0.25) is 0 Å². The summed E-state index contributed by atoms with van der Waals surface area (Å²) in [6, 6.07) is 10.4. The molecule has 0 atom stereocenters. The molecule has 0 aliphatic carbocycles. The zero-order chi connectivity index (χ0) is 18.7. The second-order valence-electron chi connectivity index (χ2n) is 6.50. The minimum absolute atomic E-state index is 0.146. The molecule has 2 aromatic rings. The number of hydrogen-bond acceptors (Lipinski definition) is 4. The van der Waals surface area contributed by atoms with Crippen molar-refractivity contribution >= 4 is 11.7 Å². The van der Waals surface area contributed by atoms with Gasteiger partial charge in [0.05, 0.1) is 11.1 Å². The van der Waals surface area contributed by atoms with Crippen LogP contribution in [-0.2, 0) is 0 Å². The molecule has 0 saturated carbocycles. The molecule has 0 bridgehead atoms. The van der Waals surface area contributed by atoms with Crippen molar-refractivity contribution in [3.8, 4) is 6.07 Å². The summed E-state index contributed by atoms with van der Waals surface area (Å²) in [5.41, 5.74) is 2.16. The molecule has 0 spiro atoms. The van der Waals surface area contributed by atoms with E-state index in [1.807, 2.05) is 17.9 Å². The molecule has 1 fully saturated rings. The van der Waals surface area contributed by atoms with Crippen molar-refractivity contribution in [1.82, 2.24) is 9.88 Å². The number of pyridine rings is 1. The fourth-order valence-corrected chi connectivity index (χ4v) is 3.26. The predicted molar refractivity (Wildman–Crippen MR) is 97.6 cm³/mol. The maximum absolute atomic E-state index is 14.1. The Hall–Kier alpha value is -2.94. The van der Waals surface area contributed by atoms with Gasteiger partial charge in [-0.3, -0.25) is 4.79 Å². The Morgan fingerprint density at radius 3 is 2.69 bits per heavy atom. The molecule has 1 aliphatic rings. The average Bonchev–Trinajstić information content (AvgIpc) is 2.87. The molecule has 3 rings (SSSR count). The van der Waals surface area contributed by atoms with E-state index in [0.717, 1.165) is 12.1 Å². The van der Waals surface area contributed by atoms with Gasteiger partial charge >= 0.3 is 0 Å². The minimum atomic E-state index is -0.483. The van der Waals surface area contributed by atoms with Crippen LogP contribution < -0.4 is 4.90 Å². The van der Waals surface area contributed by atoms with E-state index >= 15 is 0 Å². The molecular formula is C20H21FN4O. The highest BCUT2D eigenvalue weighted by Gasteiger charge is 2.25. The largest absolute Gasteiger partial charge is 0.354 e. The molecule has 0 unspecified atom stereocenters. The van der Waals surface area contributed by atoms with E-state index in [-0.39, 0.29) is 11.5 Å². The van der Waals surface area contributed by atoms with Crippen LogP contribution in [0.3, 0.4) is 0 Å². The summed E-state index contributed by atoms with van der Waals surface area (Å²) in [7, 11) is 0. The third-order valence-corrected chi connectivity index (χ3v) is 4.65. The second-order valence-corrected chi connectivity index (χ2v) is 6.50. The van der Waals surface area contributed by atoms with E-state index < -0.39 is 5.82 Å². The number of anilines is 1. The van der Waals surface area contributed by atoms with Crippen molar-refractivity contribution in [3.63, 3.8) is 0 Å². The molecule has 5 nitrogen and oxygen atoms in total. The van der Waals surface area contributed by atoms with Crippen molar-refractivity contribution in [2.75, 3.05) is 31.1 Å². The van der Waals surface area contributed by atoms with Gasteiger partial charge < -0.3 is 9.80 Å². The first-order valence-electron chi connectivity index (χ1n) is 8.68. The molecule has 0 N–H and O–H groups in total.